The van der Waals surface area contributed by atoms with Gasteiger partial charge in [-0.2, -0.15) is 5.26 Å². The summed E-state index contributed by atoms with van der Waals surface area (Å²) in [5.74, 6) is -0.316. The molecule has 1 heterocycles. The third-order valence-corrected chi connectivity index (χ3v) is 3.62. The minimum Gasteiger partial charge on any atom is -0.216 e. The summed E-state index contributed by atoms with van der Waals surface area (Å²) in [6.07, 6.45) is 1.74. The highest BCUT2D eigenvalue weighted by atomic mass is 35.5. The Kier molecular flexibility index (Phi) is 4.35. The Morgan fingerprint density at radius 3 is 2.65 bits per heavy atom. The van der Waals surface area contributed by atoms with Gasteiger partial charge in [-0.1, -0.05) is 30.7 Å². The van der Waals surface area contributed by atoms with Gasteiger partial charge in [0, 0.05) is 5.92 Å². The van der Waals surface area contributed by atoms with Crippen molar-refractivity contribution < 1.29 is 4.39 Å². The van der Waals surface area contributed by atoms with Crippen LogP contribution in [0.2, 0.25) is 5.02 Å². The molecular weight excluding hydrogens is 279 g/mol. The smallest absolute Gasteiger partial charge is 0.186 e. The van der Waals surface area contributed by atoms with Crippen LogP contribution in [0.5, 0.6) is 0 Å². The van der Waals surface area contributed by atoms with Crippen LogP contribution in [-0.4, -0.2) is 15.0 Å². The van der Waals surface area contributed by atoms with Gasteiger partial charge in [0.2, 0.25) is 0 Å². The lowest BCUT2D eigenvalue weighted by molar-refractivity contribution is 0.592. The number of nitriles is 1. The number of rotatable bonds is 4. The Morgan fingerprint density at radius 2 is 2.10 bits per heavy atom. The zero-order valence-electron chi connectivity index (χ0n) is 11.3. The molecule has 0 fully saturated rings. The van der Waals surface area contributed by atoms with Crippen LogP contribution < -0.4 is 0 Å². The van der Waals surface area contributed by atoms with E-state index in [2.05, 4.69) is 16.4 Å². The van der Waals surface area contributed by atoms with Gasteiger partial charge in [-0.25, -0.2) is 9.07 Å². The minimum atomic E-state index is -0.486. The molecular formula is C14H14ClFN4. The van der Waals surface area contributed by atoms with E-state index in [1.54, 1.807) is 10.7 Å². The second-order valence-corrected chi connectivity index (χ2v) is 4.87. The van der Waals surface area contributed by atoms with Gasteiger partial charge in [-0.05, 0) is 31.0 Å². The summed E-state index contributed by atoms with van der Waals surface area (Å²) in [5.41, 5.74) is 1.66. The monoisotopic (exact) mass is 292 g/mol. The van der Waals surface area contributed by atoms with E-state index in [0.717, 1.165) is 18.5 Å². The van der Waals surface area contributed by atoms with E-state index in [1.807, 2.05) is 13.8 Å². The largest absolute Gasteiger partial charge is 0.216 e. The summed E-state index contributed by atoms with van der Waals surface area (Å²) in [4.78, 5) is 0. The first-order valence-corrected chi connectivity index (χ1v) is 6.81. The molecule has 0 amide bonds. The molecule has 2 aromatic rings. The first kappa shape index (κ1) is 14.5. The predicted octanol–water partition coefficient (Wildman–Crippen LogP) is 3.84. The second-order valence-electron chi connectivity index (χ2n) is 4.46. The van der Waals surface area contributed by atoms with Crippen LogP contribution in [0.4, 0.5) is 4.39 Å². The van der Waals surface area contributed by atoms with Crippen LogP contribution in [0.3, 0.4) is 0 Å². The topological polar surface area (TPSA) is 54.5 Å². The van der Waals surface area contributed by atoms with Crippen molar-refractivity contribution in [3.63, 3.8) is 0 Å². The van der Waals surface area contributed by atoms with Gasteiger partial charge >= 0.3 is 0 Å². The lowest BCUT2D eigenvalue weighted by atomic mass is 9.97. The normalized spacial score (nSPS) is 10.8. The third-order valence-electron chi connectivity index (χ3n) is 3.33. The molecule has 1 aromatic carbocycles. The fourth-order valence-corrected chi connectivity index (χ4v) is 2.39. The number of benzene rings is 1. The van der Waals surface area contributed by atoms with Gasteiger partial charge in [-0.3, -0.25) is 0 Å². The standard InChI is InChI=1S/C14H14ClFN4/c1-3-9(4-2)14-13(8-17)18-19-20(14)10-5-6-12(16)11(15)7-10/h5-7,9H,3-4H2,1-2H3. The molecule has 0 unspecified atom stereocenters. The van der Waals surface area contributed by atoms with Gasteiger partial charge in [0.1, 0.15) is 11.9 Å². The highest BCUT2D eigenvalue weighted by Crippen LogP contribution is 2.28. The van der Waals surface area contributed by atoms with E-state index in [4.69, 9.17) is 16.9 Å². The molecule has 0 aliphatic rings. The molecule has 0 bridgehead atoms. The van der Waals surface area contributed by atoms with E-state index >= 15 is 0 Å². The van der Waals surface area contributed by atoms with Crippen LogP contribution in [-0.2, 0) is 0 Å². The van der Waals surface area contributed by atoms with Crippen LogP contribution in [0.1, 0.15) is 44.0 Å². The zero-order valence-corrected chi connectivity index (χ0v) is 12.0. The number of hydrogen-bond donors (Lipinski definition) is 0. The Bertz CT molecular complexity index is 656. The van der Waals surface area contributed by atoms with Crippen molar-refractivity contribution in [1.82, 2.24) is 15.0 Å². The van der Waals surface area contributed by atoms with Crippen LogP contribution in [0, 0.1) is 17.1 Å². The first-order chi connectivity index (χ1) is 9.62. The van der Waals surface area contributed by atoms with Crippen molar-refractivity contribution in [2.45, 2.75) is 32.6 Å². The summed E-state index contributed by atoms with van der Waals surface area (Å²) in [5, 5.41) is 17.1. The van der Waals surface area contributed by atoms with Crippen molar-refractivity contribution in [1.29, 1.82) is 5.26 Å². The van der Waals surface area contributed by atoms with Crippen molar-refractivity contribution in [2.24, 2.45) is 0 Å². The van der Waals surface area contributed by atoms with E-state index < -0.39 is 5.82 Å². The Labute approximate surface area is 121 Å². The van der Waals surface area contributed by atoms with Crippen molar-refractivity contribution in [3.8, 4) is 11.8 Å². The summed E-state index contributed by atoms with van der Waals surface area (Å²) in [6.45, 7) is 4.09. The van der Waals surface area contributed by atoms with Crippen molar-refractivity contribution in [3.05, 3.63) is 40.4 Å². The zero-order chi connectivity index (χ0) is 14.7. The maximum atomic E-state index is 13.2. The quantitative estimate of drug-likeness (QED) is 0.860. The predicted molar refractivity (Wildman–Crippen MR) is 74.4 cm³/mol. The summed E-state index contributed by atoms with van der Waals surface area (Å²) >= 11 is 5.80. The lowest BCUT2D eigenvalue weighted by Gasteiger charge is -2.14. The molecule has 20 heavy (non-hydrogen) atoms. The molecule has 0 atom stereocenters. The van der Waals surface area contributed by atoms with E-state index in [1.165, 1.54) is 12.1 Å². The highest BCUT2D eigenvalue weighted by molar-refractivity contribution is 6.30. The number of nitrogens with zero attached hydrogens (tertiary/aromatic N) is 4. The minimum absolute atomic E-state index is 0.0204. The van der Waals surface area contributed by atoms with E-state index in [0.29, 0.717) is 11.4 Å². The maximum absolute atomic E-state index is 13.2. The van der Waals surface area contributed by atoms with Crippen LogP contribution in [0.15, 0.2) is 18.2 Å². The van der Waals surface area contributed by atoms with E-state index in [9.17, 15) is 4.39 Å². The average Bonchev–Trinajstić information content (AvgIpc) is 2.87. The molecule has 0 spiro atoms. The Balaban J connectivity index is 2.59. The number of hydrogen-bond acceptors (Lipinski definition) is 3. The molecule has 4 nitrogen and oxygen atoms in total. The van der Waals surface area contributed by atoms with Crippen LogP contribution >= 0.6 is 11.6 Å². The molecule has 2 rings (SSSR count). The highest BCUT2D eigenvalue weighted by Gasteiger charge is 2.21. The van der Waals surface area contributed by atoms with Gasteiger partial charge < -0.3 is 0 Å². The number of aromatic nitrogens is 3. The van der Waals surface area contributed by atoms with E-state index in [-0.39, 0.29) is 10.9 Å². The summed E-state index contributed by atoms with van der Waals surface area (Å²) in [6, 6.07) is 6.40. The Morgan fingerprint density at radius 1 is 1.40 bits per heavy atom. The molecule has 0 radical (unpaired) electrons. The fourth-order valence-electron chi connectivity index (χ4n) is 2.22. The number of halogens is 2. The molecule has 1 aromatic heterocycles. The SMILES string of the molecule is CCC(CC)c1c(C#N)nnn1-c1ccc(F)c(Cl)c1. The van der Waals surface area contributed by atoms with Gasteiger partial charge in [0.05, 0.1) is 16.4 Å². The molecule has 0 saturated carbocycles. The first-order valence-electron chi connectivity index (χ1n) is 6.43. The maximum Gasteiger partial charge on any atom is 0.186 e. The van der Waals surface area contributed by atoms with Crippen molar-refractivity contribution >= 4 is 11.6 Å². The molecule has 0 N–H and O–H groups in total. The van der Waals surface area contributed by atoms with Crippen molar-refractivity contribution in [2.75, 3.05) is 0 Å². The molecule has 104 valence electrons. The summed E-state index contributed by atoms with van der Waals surface area (Å²) in [7, 11) is 0. The molecule has 6 heteroatoms. The average molecular weight is 293 g/mol. The Hall–Kier alpha value is -1.93. The molecule has 0 saturated heterocycles. The van der Waals surface area contributed by atoms with Gasteiger partial charge in [-0.15, -0.1) is 5.10 Å². The lowest BCUT2D eigenvalue weighted by Crippen LogP contribution is -2.08. The fraction of sp³-hybridized carbons (Fsp3) is 0.357. The summed E-state index contributed by atoms with van der Waals surface area (Å²) < 4.78 is 14.8. The van der Waals surface area contributed by atoms with Gasteiger partial charge in [0.15, 0.2) is 5.69 Å². The second kappa shape index (κ2) is 6.02. The molecule has 0 aliphatic carbocycles. The van der Waals surface area contributed by atoms with Crippen LogP contribution in [0.25, 0.3) is 5.69 Å². The molecule has 0 aliphatic heterocycles. The van der Waals surface area contributed by atoms with Gasteiger partial charge in [0.25, 0.3) is 0 Å². The third kappa shape index (κ3) is 2.52.